The van der Waals surface area contributed by atoms with Crippen LogP contribution in [0.2, 0.25) is 0 Å². The molecule has 2 N–H and O–H groups in total. The Morgan fingerprint density at radius 1 is 0.905 bits per heavy atom. The average molecular weight is 282 g/mol. The second-order valence-corrected chi connectivity index (χ2v) is 4.74. The van der Waals surface area contributed by atoms with Gasteiger partial charge >= 0.3 is 0 Å². The summed E-state index contributed by atoms with van der Waals surface area (Å²) in [5.41, 5.74) is 1.38. The highest BCUT2D eigenvalue weighted by atomic mass is 16.3. The maximum atomic E-state index is 9.63. The van der Waals surface area contributed by atoms with Crippen molar-refractivity contribution in [3.63, 3.8) is 0 Å². The topological polar surface area (TPSA) is 65.2 Å². The van der Waals surface area contributed by atoms with E-state index in [1.54, 1.807) is 48.8 Å². The van der Waals surface area contributed by atoms with Gasteiger partial charge in [0.25, 0.3) is 0 Å². The number of rotatable bonds is 5. The van der Waals surface area contributed by atoms with E-state index in [0.29, 0.717) is 17.7 Å². The van der Waals surface area contributed by atoms with Crippen LogP contribution in [0, 0.1) is 0 Å². The van der Waals surface area contributed by atoms with Gasteiger partial charge in [-0.2, -0.15) is 0 Å². The Hall–Kier alpha value is -2.62. The Morgan fingerprint density at radius 2 is 1.43 bits per heavy atom. The molecule has 4 nitrogen and oxygen atoms in total. The highest BCUT2D eigenvalue weighted by molar-refractivity contribution is 5.84. The van der Waals surface area contributed by atoms with Crippen molar-refractivity contribution in [2.24, 2.45) is 9.98 Å². The van der Waals surface area contributed by atoms with Crippen molar-refractivity contribution >= 4 is 12.4 Å². The summed E-state index contributed by atoms with van der Waals surface area (Å²) < 4.78 is 0. The van der Waals surface area contributed by atoms with Gasteiger partial charge in [0.1, 0.15) is 11.5 Å². The van der Waals surface area contributed by atoms with Crippen LogP contribution in [0.1, 0.15) is 18.1 Å². The predicted molar refractivity (Wildman–Crippen MR) is 85.7 cm³/mol. The summed E-state index contributed by atoms with van der Waals surface area (Å²) in [7, 11) is 0. The minimum absolute atomic E-state index is 0.00767. The second kappa shape index (κ2) is 7.24. The molecule has 2 aromatic carbocycles. The third kappa shape index (κ3) is 4.45. The van der Waals surface area contributed by atoms with Gasteiger partial charge in [0.05, 0.1) is 12.6 Å². The van der Waals surface area contributed by atoms with Gasteiger partial charge in [-0.25, -0.2) is 0 Å². The smallest absolute Gasteiger partial charge is 0.124 e. The van der Waals surface area contributed by atoms with Crippen molar-refractivity contribution in [2.45, 2.75) is 13.0 Å². The monoisotopic (exact) mass is 282 g/mol. The number of nitrogens with zero attached hydrogens (tertiary/aromatic N) is 2. The van der Waals surface area contributed by atoms with Crippen LogP contribution in [0.5, 0.6) is 11.5 Å². The Kier molecular flexibility index (Phi) is 5.10. The van der Waals surface area contributed by atoms with Crippen molar-refractivity contribution < 1.29 is 10.2 Å². The van der Waals surface area contributed by atoms with E-state index < -0.39 is 0 Å². The van der Waals surface area contributed by atoms with E-state index in [0.717, 1.165) is 0 Å². The van der Waals surface area contributed by atoms with Crippen LogP contribution in [-0.2, 0) is 0 Å². The molecule has 0 spiro atoms. The van der Waals surface area contributed by atoms with E-state index in [4.69, 9.17) is 0 Å². The predicted octanol–water partition coefficient (Wildman–Crippen LogP) is 3.02. The lowest BCUT2D eigenvalue weighted by Gasteiger charge is -2.03. The largest absolute Gasteiger partial charge is 0.507 e. The van der Waals surface area contributed by atoms with Gasteiger partial charge in [-0.3, -0.25) is 9.98 Å². The molecule has 0 heterocycles. The van der Waals surface area contributed by atoms with Crippen molar-refractivity contribution in [1.82, 2.24) is 0 Å². The molecular weight excluding hydrogens is 264 g/mol. The number of phenols is 2. The van der Waals surface area contributed by atoms with Crippen LogP contribution in [-0.4, -0.2) is 35.2 Å². The van der Waals surface area contributed by atoms with Crippen molar-refractivity contribution in [3.8, 4) is 11.5 Å². The molecule has 0 aliphatic carbocycles. The number of para-hydroxylation sites is 2. The zero-order chi connectivity index (χ0) is 15.1. The number of hydrogen-bond acceptors (Lipinski definition) is 4. The van der Waals surface area contributed by atoms with E-state index in [-0.39, 0.29) is 17.5 Å². The van der Waals surface area contributed by atoms with Crippen LogP contribution in [0.4, 0.5) is 0 Å². The van der Waals surface area contributed by atoms with Crippen molar-refractivity contribution in [1.29, 1.82) is 0 Å². The van der Waals surface area contributed by atoms with Gasteiger partial charge in [0.15, 0.2) is 0 Å². The molecule has 0 radical (unpaired) electrons. The summed E-state index contributed by atoms with van der Waals surface area (Å²) in [6.07, 6.45) is 3.29. The minimum Gasteiger partial charge on any atom is -0.507 e. The number of hydrogen-bond donors (Lipinski definition) is 2. The minimum atomic E-state index is -0.00767. The molecule has 21 heavy (non-hydrogen) atoms. The third-order valence-corrected chi connectivity index (χ3v) is 2.94. The summed E-state index contributed by atoms with van der Waals surface area (Å²) in [6, 6.07) is 14.1. The fourth-order valence-electron chi connectivity index (χ4n) is 1.75. The van der Waals surface area contributed by atoms with Crippen LogP contribution < -0.4 is 0 Å². The standard InChI is InChI=1S/C17H18N2O2/c1-13(19-12-15-7-3-5-9-17(15)21)10-18-11-14-6-2-4-8-16(14)20/h2-9,11-13,20-21H,10H2,1H3/t13-/m0/s1. The fraction of sp³-hybridized carbons (Fsp3) is 0.176. The molecule has 0 aromatic heterocycles. The maximum Gasteiger partial charge on any atom is 0.124 e. The first kappa shape index (κ1) is 14.8. The number of benzene rings is 2. The quantitative estimate of drug-likeness (QED) is 0.828. The van der Waals surface area contributed by atoms with Crippen LogP contribution >= 0.6 is 0 Å². The summed E-state index contributed by atoms with van der Waals surface area (Å²) in [6.45, 7) is 2.46. The van der Waals surface area contributed by atoms with Gasteiger partial charge in [-0.1, -0.05) is 24.3 Å². The Bertz CT molecular complexity index is 651. The molecule has 1 atom stereocenters. The normalized spacial score (nSPS) is 13.0. The zero-order valence-electron chi connectivity index (χ0n) is 11.8. The molecule has 0 bridgehead atoms. The number of phenolic OH excluding ortho intramolecular Hbond substituents is 2. The van der Waals surface area contributed by atoms with Gasteiger partial charge in [-0.05, 0) is 31.2 Å². The molecule has 4 heteroatoms. The lowest BCUT2D eigenvalue weighted by Crippen LogP contribution is -2.04. The second-order valence-electron chi connectivity index (χ2n) is 4.74. The van der Waals surface area contributed by atoms with Gasteiger partial charge in [-0.15, -0.1) is 0 Å². The molecule has 0 saturated heterocycles. The molecule has 0 fully saturated rings. The Morgan fingerprint density at radius 3 is 2.00 bits per heavy atom. The lowest BCUT2D eigenvalue weighted by molar-refractivity contribution is 0.474. The number of aliphatic imine (C=N–C) groups is 2. The molecule has 2 aromatic rings. The molecule has 0 saturated carbocycles. The SMILES string of the molecule is C[C@@H](CN=Cc1ccccc1O)N=Cc1ccccc1O. The Labute approximate surface area is 124 Å². The highest BCUT2D eigenvalue weighted by Gasteiger charge is 1.99. The maximum absolute atomic E-state index is 9.63. The van der Waals surface area contributed by atoms with Gasteiger partial charge in [0, 0.05) is 23.6 Å². The van der Waals surface area contributed by atoms with Gasteiger partial charge < -0.3 is 10.2 Å². The van der Waals surface area contributed by atoms with Crippen LogP contribution in [0.25, 0.3) is 0 Å². The molecule has 0 aliphatic heterocycles. The molecule has 2 rings (SSSR count). The highest BCUT2D eigenvalue weighted by Crippen LogP contribution is 2.14. The molecule has 108 valence electrons. The summed E-state index contributed by atoms with van der Waals surface area (Å²) >= 11 is 0. The first-order chi connectivity index (χ1) is 10.2. The zero-order valence-corrected chi connectivity index (χ0v) is 11.8. The molecular formula is C17H18N2O2. The fourth-order valence-corrected chi connectivity index (χ4v) is 1.75. The average Bonchev–Trinajstić information content (AvgIpc) is 2.48. The van der Waals surface area contributed by atoms with E-state index in [1.807, 2.05) is 19.1 Å². The Balaban J connectivity index is 1.92. The van der Waals surface area contributed by atoms with Crippen LogP contribution in [0.3, 0.4) is 0 Å². The number of aromatic hydroxyl groups is 2. The molecule has 0 unspecified atom stereocenters. The van der Waals surface area contributed by atoms with Crippen molar-refractivity contribution in [3.05, 3.63) is 59.7 Å². The van der Waals surface area contributed by atoms with E-state index in [1.165, 1.54) is 0 Å². The van der Waals surface area contributed by atoms with E-state index in [2.05, 4.69) is 9.98 Å². The van der Waals surface area contributed by atoms with E-state index >= 15 is 0 Å². The first-order valence-corrected chi connectivity index (χ1v) is 6.76. The summed E-state index contributed by atoms with van der Waals surface area (Å²) in [4.78, 5) is 8.62. The van der Waals surface area contributed by atoms with Crippen molar-refractivity contribution in [2.75, 3.05) is 6.54 Å². The molecule has 0 amide bonds. The first-order valence-electron chi connectivity index (χ1n) is 6.76. The summed E-state index contributed by atoms with van der Waals surface area (Å²) in [5.74, 6) is 0.428. The van der Waals surface area contributed by atoms with E-state index in [9.17, 15) is 10.2 Å². The van der Waals surface area contributed by atoms with Gasteiger partial charge in [0.2, 0.25) is 0 Å². The third-order valence-electron chi connectivity index (χ3n) is 2.94. The summed E-state index contributed by atoms with van der Waals surface area (Å²) in [5, 5.41) is 19.2. The lowest BCUT2D eigenvalue weighted by atomic mass is 10.2. The van der Waals surface area contributed by atoms with Crippen LogP contribution in [0.15, 0.2) is 58.5 Å². The molecule has 0 aliphatic rings.